The molecule has 0 atom stereocenters. The molecule has 138 valence electrons. The molecule has 0 heteroatoms. The van der Waals surface area contributed by atoms with Crippen LogP contribution in [0.25, 0.3) is 0 Å². The van der Waals surface area contributed by atoms with Crippen LogP contribution in [0, 0.1) is 5.41 Å². The smallest absolute Gasteiger partial charge is 0.0178 e. The predicted molar refractivity (Wildman–Crippen MR) is 108 cm³/mol. The first-order chi connectivity index (χ1) is 11.1. The van der Waals surface area contributed by atoms with Gasteiger partial charge in [-0.2, -0.15) is 0 Å². The van der Waals surface area contributed by atoms with Crippen LogP contribution >= 0.6 is 0 Å². The zero-order chi connectivity index (χ0) is 17.2. The van der Waals surface area contributed by atoms with Crippen molar-refractivity contribution in [3.8, 4) is 0 Å². The van der Waals surface area contributed by atoms with E-state index in [4.69, 9.17) is 0 Å². The maximum atomic E-state index is 3.92. The van der Waals surface area contributed by atoms with E-state index < -0.39 is 0 Å². The Morgan fingerprint density at radius 1 is 0.565 bits per heavy atom. The molecule has 0 N–H and O–H groups in total. The third-order valence-corrected chi connectivity index (χ3v) is 5.23. The highest BCUT2D eigenvalue weighted by atomic mass is 14.2. The summed E-state index contributed by atoms with van der Waals surface area (Å²) in [5.74, 6) is 0. The van der Waals surface area contributed by atoms with E-state index in [0.29, 0.717) is 5.41 Å². The maximum Gasteiger partial charge on any atom is -0.0178 e. The molecule has 0 aromatic rings. The lowest BCUT2D eigenvalue weighted by atomic mass is 9.87. The molecule has 0 fully saturated rings. The van der Waals surface area contributed by atoms with Crippen molar-refractivity contribution in [3.05, 3.63) is 12.7 Å². The van der Waals surface area contributed by atoms with Crippen molar-refractivity contribution < 1.29 is 0 Å². The summed E-state index contributed by atoms with van der Waals surface area (Å²) in [6, 6.07) is 0. The highest BCUT2D eigenvalue weighted by molar-refractivity contribution is 4.86. The normalized spacial score (nSPS) is 11.8. The third kappa shape index (κ3) is 17.9. The van der Waals surface area contributed by atoms with Gasteiger partial charge in [-0.15, -0.1) is 6.58 Å². The molecule has 0 rings (SSSR count). The van der Waals surface area contributed by atoms with Crippen molar-refractivity contribution in [2.24, 2.45) is 5.41 Å². The second-order valence-corrected chi connectivity index (χ2v) is 8.25. The standard InChI is InChI=1S/C23H46/c1-5-7-8-9-10-11-12-13-14-15-16-17-18-19-20-21-22-23(3,4)6-2/h6H,2,5,7-22H2,1,3-4H3. The average Bonchev–Trinajstić information content (AvgIpc) is 2.54. The van der Waals surface area contributed by atoms with E-state index in [1.54, 1.807) is 0 Å². The lowest BCUT2D eigenvalue weighted by Gasteiger charge is -2.18. The van der Waals surface area contributed by atoms with Crippen LogP contribution in [0.15, 0.2) is 12.7 Å². The minimum absolute atomic E-state index is 0.343. The van der Waals surface area contributed by atoms with Gasteiger partial charge in [0.25, 0.3) is 0 Å². The quantitative estimate of drug-likeness (QED) is 0.174. The lowest BCUT2D eigenvalue weighted by Crippen LogP contribution is -2.05. The molecule has 23 heavy (non-hydrogen) atoms. The molecule has 0 radical (unpaired) electrons. The molecular formula is C23H46. The summed E-state index contributed by atoms with van der Waals surface area (Å²) < 4.78 is 0. The number of hydrogen-bond acceptors (Lipinski definition) is 0. The molecule has 0 saturated carbocycles. The summed E-state index contributed by atoms with van der Waals surface area (Å²) in [6.45, 7) is 10.8. The fraction of sp³-hybridized carbons (Fsp3) is 0.913. The fourth-order valence-corrected chi connectivity index (χ4v) is 3.23. The summed E-state index contributed by atoms with van der Waals surface area (Å²) in [6.07, 6.45) is 26.6. The molecule has 0 nitrogen and oxygen atoms in total. The molecule has 0 aliphatic carbocycles. The van der Waals surface area contributed by atoms with Crippen LogP contribution in [-0.2, 0) is 0 Å². The van der Waals surface area contributed by atoms with E-state index in [0.717, 1.165) is 0 Å². The maximum absolute atomic E-state index is 3.92. The van der Waals surface area contributed by atoms with Gasteiger partial charge >= 0.3 is 0 Å². The first kappa shape index (κ1) is 22.7. The molecule has 0 aromatic heterocycles. The summed E-state index contributed by atoms with van der Waals surface area (Å²) in [7, 11) is 0. The van der Waals surface area contributed by atoms with Crippen LogP contribution in [0.1, 0.15) is 130 Å². The van der Waals surface area contributed by atoms with Gasteiger partial charge in [-0.25, -0.2) is 0 Å². The second kappa shape index (κ2) is 16.6. The van der Waals surface area contributed by atoms with E-state index in [-0.39, 0.29) is 0 Å². The Morgan fingerprint density at radius 3 is 1.17 bits per heavy atom. The van der Waals surface area contributed by atoms with Gasteiger partial charge in [-0.1, -0.05) is 130 Å². The summed E-state index contributed by atoms with van der Waals surface area (Å²) in [5.41, 5.74) is 0.343. The van der Waals surface area contributed by atoms with Gasteiger partial charge in [0, 0.05) is 0 Å². The van der Waals surface area contributed by atoms with E-state index in [2.05, 4.69) is 33.4 Å². The Morgan fingerprint density at radius 2 is 0.870 bits per heavy atom. The fourth-order valence-electron chi connectivity index (χ4n) is 3.23. The van der Waals surface area contributed by atoms with E-state index >= 15 is 0 Å². The van der Waals surface area contributed by atoms with Crippen molar-refractivity contribution in [1.29, 1.82) is 0 Å². The summed E-state index contributed by atoms with van der Waals surface area (Å²) in [4.78, 5) is 0. The van der Waals surface area contributed by atoms with Crippen molar-refractivity contribution in [2.75, 3.05) is 0 Å². The van der Waals surface area contributed by atoms with Crippen LogP contribution in [0.3, 0.4) is 0 Å². The summed E-state index contributed by atoms with van der Waals surface area (Å²) in [5, 5.41) is 0. The molecule has 0 unspecified atom stereocenters. The van der Waals surface area contributed by atoms with Crippen molar-refractivity contribution in [2.45, 2.75) is 130 Å². The number of unbranched alkanes of at least 4 members (excludes halogenated alkanes) is 15. The lowest BCUT2D eigenvalue weighted by molar-refractivity contribution is 0.407. The van der Waals surface area contributed by atoms with Crippen LogP contribution in [0.2, 0.25) is 0 Å². The zero-order valence-electron chi connectivity index (χ0n) is 16.8. The van der Waals surface area contributed by atoms with Crippen LogP contribution in [0.4, 0.5) is 0 Å². The first-order valence-corrected chi connectivity index (χ1v) is 10.8. The molecule has 0 spiro atoms. The van der Waals surface area contributed by atoms with Gasteiger partial charge in [-0.05, 0) is 11.8 Å². The van der Waals surface area contributed by atoms with Gasteiger partial charge < -0.3 is 0 Å². The molecule has 0 aliphatic rings. The number of allylic oxidation sites excluding steroid dienone is 1. The predicted octanol–water partition coefficient (Wildman–Crippen LogP) is 8.85. The number of rotatable bonds is 18. The van der Waals surface area contributed by atoms with Gasteiger partial charge in [-0.3, -0.25) is 0 Å². The minimum Gasteiger partial charge on any atom is -0.103 e. The van der Waals surface area contributed by atoms with E-state index in [1.807, 2.05) is 0 Å². The summed E-state index contributed by atoms with van der Waals surface area (Å²) >= 11 is 0. The van der Waals surface area contributed by atoms with Gasteiger partial charge in [0.2, 0.25) is 0 Å². The molecule has 0 bridgehead atoms. The Balaban J connectivity index is 3.07. The van der Waals surface area contributed by atoms with E-state index in [1.165, 1.54) is 109 Å². The topological polar surface area (TPSA) is 0 Å². The molecule has 0 amide bonds. The second-order valence-electron chi connectivity index (χ2n) is 8.25. The van der Waals surface area contributed by atoms with Crippen LogP contribution in [-0.4, -0.2) is 0 Å². The third-order valence-electron chi connectivity index (χ3n) is 5.23. The van der Waals surface area contributed by atoms with Gasteiger partial charge in [0.15, 0.2) is 0 Å². The largest absolute Gasteiger partial charge is 0.103 e. The highest BCUT2D eigenvalue weighted by Crippen LogP contribution is 2.24. The highest BCUT2D eigenvalue weighted by Gasteiger charge is 2.11. The monoisotopic (exact) mass is 322 g/mol. The molecule has 0 saturated heterocycles. The molecule has 0 aliphatic heterocycles. The Labute approximate surface area is 148 Å². The van der Waals surface area contributed by atoms with Gasteiger partial charge in [0.05, 0.1) is 0 Å². The molecule has 0 heterocycles. The first-order valence-electron chi connectivity index (χ1n) is 10.8. The van der Waals surface area contributed by atoms with Crippen LogP contribution < -0.4 is 0 Å². The molecule has 0 aromatic carbocycles. The Bertz CT molecular complexity index is 238. The SMILES string of the molecule is C=CC(C)(C)CCCCCCCCCCCCCCCCCC. The number of hydrogen-bond donors (Lipinski definition) is 0. The Hall–Kier alpha value is -0.260. The van der Waals surface area contributed by atoms with Crippen molar-refractivity contribution in [3.63, 3.8) is 0 Å². The molecular weight excluding hydrogens is 276 g/mol. The van der Waals surface area contributed by atoms with Crippen molar-refractivity contribution >= 4 is 0 Å². The van der Waals surface area contributed by atoms with Crippen molar-refractivity contribution in [1.82, 2.24) is 0 Å². The minimum atomic E-state index is 0.343. The van der Waals surface area contributed by atoms with Crippen LogP contribution in [0.5, 0.6) is 0 Å². The van der Waals surface area contributed by atoms with E-state index in [9.17, 15) is 0 Å². The Kier molecular flexibility index (Phi) is 16.4. The average molecular weight is 323 g/mol. The zero-order valence-corrected chi connectivity index (χ0v) is 16.8. The van der Waals surface area contributed by atoms with Gasteiger partial charge in [0.1, 0.15) is 0 Å².